The molecule has 2 heterocycles. The van der Waals surface area contributed by atoms with Gasteiger partial charge in [-0.15, -0.1) is 0 Å². The predicted octanol–water partition coefficient (Wildman–Crippen LogP) is 3.04. The Balaban J connectivity index is 1.82. The van der Waals surface area contributed by atoms with E-state index >= 15 is 0 Å². The van der Waals surface area contributed by atoms with Crippen molar-refractivity contribution in [3.63, 3.8) is 0 Å². The fraction of sp³-hybridized carbons (Fsp3) is 0.350. The molecule has 1 aliphatic rings. The van der Waals surface area contributed by atoms with E-state index < -0.39 is 24.7 Å². The third-order valence-corrected chi connectivity index (χ3v) is 4.33. The highest BCUT2D eigenvalue weighted by Gasteiger charge is 2.33. The van der Waals surface area contributed by atoms with E-state index in [0.29, 0.717) is 18.1 Å². The molecule has 29 heavy (non-hydrogen) atoms. The van der Waals surface area contributed by atoms with E-state index in [1.54, 1.807) is 30.3 Å². The maximum atomic E-state index is 12.6. The molecular formula is C20H19F3N2O4. The average molecular weight is 408 g/mol. The highest BCUT2D eigenvalue weighted by atomic mass is 19.4. The first-order valence-electron chi connectivity index (χ1n) is 9.00. The SMILES string of the molecule is O=C(OCC(F)(F)F)C(=O)N(Cc1ccccn1)Cc1cccc2c1CCCO2. The van der Waals surface area contributed by atoms with Gasteiger partial charge in [0.25, 0.3) is 0 Å². The molecular weight excluding hydrogens is 389 g/mol. The number of esters is 1. The van der Waals surface area contributed by atoms with Crippen molar-refractivity contribution in [1.82, 2.24) is 9.88 Å². The van der Waals surface area contributed by atoms with Gasteiger partial charge in [-0.1, -0.05) is 18.2 Å². The van der Waals surface area contributed by atoms with Gasteiger partial charge < -0.3 is 14.4 Å². The first kappa shape index (κ1) is 20.6. The Morgan fingerprint density at radius 3 is 2.69 bits per heavy atom. The summed E-state index contributed by atoms with van der Waals surface area (Å²) in [5.74, 6) is -2.01. The molecule has 1 aliphatic heterocycles. The molecule has 0 spiro atoms. The molecule has 0 aliphatic carbocycles. The second kappa shape index (κ2) is 8.93. The Morgan fingerprint density at radius 1 is 1.14 bits per heavy atom. The zero-order valence-corrected chi connectivity index (χ0v) is 15.4. The van der Waals surface area contributed by atoms with Crippen LogP contribution in [-0.2, 0) is 33.8 Å². The smallest absolute Gasteiger partial charge is 0.422 e. The Kier molecular flexibility index (Phi) is 6.36. The fourth-order valence-electron chi connectivity index (χ4n) is 3.04. The van der Waals surface area contributed by atoms with Crippen LogP contribution in [-0.4, -0.2) is 41.2 Å². The van der Waals surface area contributed by atoms with Crippen molar-refractivity contribution in [1.29, 1.82) is 0 Å². The number of carbonyl (C=O) groups is 2. The van der Waals surface area contributed by atoms with Crippen molar-refractivity contribution in [2.45, 2.75) is 32.1 Å². The number of aromatic nitrogens is 1. The zero-order chi connectivity index (χ0) is 20.9. The van der Waals surface area contributed by atoms with Crippen LogP contribution in [0.4, 0.5) is 13.2 Å². The Morgan fingerprint density at radius 2 is 1.97 bits per heavy atom. The molecule has 154 valence electrons. The number of rotatable bonds is 5. The summed E-state index contributed by atoms with van der Waals surface area (Å²) in [6.07, 6.45) is -1.63. The van der Waals surface area contributed by atoms with E-state index in [9.17, 15) is 22.8 Å². The number of carbonyl (C=O) groups excluding carboxylic acids is 2. The van der Waals surface area contributed by atoms with Gasteiger partial charge in [0.15, 0.2) is 6.61 Å². The minimum absolute atomic E-state index is 0.0169. The summed E-state index contributed by atoms with van der Waals surface area (Å²) < 4.78 is 46.8. The number of benzene rings is 1. The summed E-state index contributed by atoms with van der Waals surface area (Å²) in [5, 5.41) is 0. The summed E-state index contributed by atoms with van der Waals surface area (Å²) in [5.41, 5.74) is 2.17. The monoisotopic (exact) mass is 408 g/mol. The molecule has 0 saturated carbocycles. The lowest BCUT2D eigenvalue weighted by Crippen LogP contribution is -2.38. The minimum Gasteiger partial charge on any atom is -0.493 e. The Labute approximate surface area is 165 Å². The van der Waals surface area contributed by atoms with Crippen molar-refractivity contribution in [3.8, 4) is 5.75 Å². The number of amides is 1. The van der Waals surface area contributed by atoms with Crippen LogP contribution in [0.15, 0.2) is 42.6 Å². The van der Waals surface area contributed by atoms with Crippen LogP contribution in [0, 0.1) is 0 Å². The Bertz CT molecular complexity index is 872. The van der Waals surface area contributed by atoms with E-state index in [1.807, 2.05) is 6.07 Å². The normalized spacial score (nSPS) is 13.2. The lowest BCUT2D eigenvalue weighted by atomic mass is 9.99. The van der Waals surface area contributed by atoms with Crippen molar-refractivity contribution in [2.75, 3.05) is 13.2 Å². The number of alkyl halides is 3. The molecule has 1 amide bonds. The van der Waals surface area contributed by atoms with Crippen LogP contribution in [0.3, 0.4) is 0 Å². The van der Waals surface area contributed by atoms with Crippen LogP contribution < -0.4 is 4.74 Å². The van der Waals surface area contributed by atoms with Gasteiger partial charge in [0.05, 0.1) is 18.8 Å². The molecule has 9 heteroatoms. The quantitative estimate of drug-likeness (QED) is 0.562. The predicted molar refractivity (Wildman–Crippen MR) is 95.8 cm³/mol. The van der Waals surface area contributed by atoms with E-state index in [2.05, 4.69) is 9.72 Å². The van der Waals surface area contributed by atoms with E-state index in [4.69, 9.17) is 4.74 Å². The second-order valence-electron chi connectivity index (χ2n) is 6.52. The summed E-state index contributed by atoms with van der Waals surface area (Å²) in [7, 11) is 0. The van der Waals surface area contributed by atoms with Gasteiger partial charge >= 0.3 is 18.1 Å². The van der Waals surface area contributed by atoms with Crippen LogP contribution >= 0.6 is 0 Å². The van der Waals surface area contributed by atoms with Crippen LogP contribution in [0.5, 0.6) is 5.75 Å². The molecule has 0 N–H and O–H groups in total. The third kappa shape index (κ3) is 5.69. The number of ether oxygens (including phenoxy) is 2. The van der Waals surface area contributed by atoms with Gasteiger partial charge in [0, 0.05) is 12.7 Å². The molecule has 0 unspecified atom stereocenters. The van der Waals surface area contributed by atoms with Crippen molar-refractivity contribution in [3.05, 3.63) is 59.4 Å². The van der Waals surface area contributed by atoms with Gasteiger partial charge in [0.2, 0.25) is 0 Å². The van der Waals surface area contributed by atoms with E-state index in [-0.39, 0.29) is 13.1 Å². The number of hydrogen-bond donors (Lipinski definition) is 0. The third-order valence-electron chi connectivity index (χ3n) is 4.33. The fourth-order valence-corrected chi connectivity index (χ4v) is 3.04. The second-order valence-corrected chi connectivity index (χ2v) is 6.52. The topological polar surface area (TPSA) is 68.7 Å². The molecule has 1 aromatic heterocycles. The van der Waals surface area contributed by atoms with Crippen molar-refractivity contribution in [2.24, 2.45) is 0 Å². The average Bonchev–Trinajstić information content (AvgIpc) is 2.71. The summed E-state index contributed by atoms with van der Waals surface area (Å²) in [6, 6.07) is 10.5. The summed E-state index contributed by atoms with van der Waals surface area (Å²) in [4.78, 5) is 29.8. The maximum absolute atomic E-state index is 12.6. The van der Waals surface area contributed by atoms with Gasteiger partial charge in [-0.25, -0.2) is 4.79 Å². The first-order valence-corrected chi connectivity index (χ1v) is 9.00. The highest BCUT2D eigenvalue weighted by molar-refractivity contribution is 6.32. The molecule has 0 atom stereocenters. The molecule has 0 fully saturated rings. The lowest BCUT2D eigenvalue weighted by molar-refractivity contribution is -0.189. The molecule has 2 aromatic rings. The van der Waals surface area contributed by atoms with Gasteiger partial charge in [-0.05, 0) is 42.2 Å². The number of pyridine rings is 1. The molecule has 1 aromatic carbocycles. The van der Waals surface area contributed by atoms with Crippen molar-refractivity contribution < 1.29 is 32.2 Å². The number of nitrogens with zero attached hydrogens (tertiary/aromatic N) is 2. The summed E-state index contributed by atoms with van der Waals surface area (Å²) >= 11 is 0. The van der Waals surface area contributed by atoms with Gasteiger partial charge in [-0.2, -0.15) is 13.2 Å². The largest absolute Gasteiger partial charge is 0.493 e. The summed E-state index contributed by atoms with van der Waals surface area (Å²) in [6.45, 7) is -1.26. The maximum Gasteiger partial charge on any atom is 0.422 e. The van der Waals surface area contributed by atoms with E-state index in [0.717, 1.165) is 28.9 Å². The van der Waals surface area contributed by atoms with Crippen LogP contribution in [0.1, 0.15) is 23.2 Å². The zero-order valence-electron chi connectivity index (χ0n) is 15.4. The number of fused-ring (bicyclic) bond motifs is 1. The minimum atomic E-state index is -4.71. The first-order chi connectivity index (χ1) is 13.8. The van der Waals surface area contributed by atoms with Gasteiger partial charge in [0.1, 0.15) is 5.75 Å². The van der Waals surface area contributed by atoms with Crippen molar-refractivity contribution >= 4 is 11.9 Å². The van der Waals surface area contributed by atoms with Crippen LogP contribution in [0.25, 0.3) is 0 Å². The van der Waals surface area contributed by atoms with E-state index in [1.165, 1.54) is 6.20 Å². The lowest BCUT2D eigenvalue weighted by Gasteiger charge is -2.25. The van der Waals surface area contributed by atoms with Crippen LogP contribution in [0.2, 0.25) is 0 Å². The molecule has 0 saturated heterocycles. The highest BCUT2D eigenvalue weighted by Crippen LogP contribution is 2.29. The number of hydrogen-bond acceptors (Lipinski definition) is 5. The molecule has 0 radical (unpaired) electrons. The molecule has 3 rings (SSSR count). The molecule has 6 nitrogen and oxygen atoms in total. The number of halogens is 3. The van der Waals surface area contributed by atoms with Gasteiger partial charge in [-0.3, -0.25) is 9.78 Å². The molecule has 0 bridgehead atoms. The Hall–Kier alpha value is -3.10. The standard InChI is InChI=1S/C20H19F3N2O4/c21-20(22,23)13-29-19(27)18(26)25(12-15-6-1-2-9-24-15)11-14-5-3-8-17-16(14)7-4-10-28-17/h1-3,5-6,8-9H,4,7,10-13H2.